The number of piperidine rings is 2. The smallest absolute Gasteiger partial charge is 0.410 e. The average Bonchev–Trinajstić information content (AvgIpc) is 2.36. The van der Waals surface area contributed by atoms with E-state index in [1.54, 1.807) is 0 Å². The number of nitrogens with zero attached hydrogens (tertiary/aromatic N) is 1. The minimum atomic E-state index is -0.418. The first-order chi connectivity index (χ1) is 10.0. The molecule has 1 spiro atoms. The summed E-state index contributed by atoms with van der Waals surface area (Å²) in [5.41, 5.74) is 0.179. The Balaban J connectivity index is 2.14. The van der Waals surface area contributed by atoms with E-state index in [0.29, 0.717) is 11.3 Å². The Hall–Kier alpha value is -0.770. The number of likely N-dealkylation sites (tertiary alicyclic amines) is 1. The van der Waals surface area contributed by atoms with Gasteiger partial charge in [0.2, 0.25) is 0 Å². The molecule has 0 radical (unpaired) electrons. The molecule has 0 aromatic carbocycles. The van der Waals surface area contributed by atoms with Crippen LogP contribution in [0.25, 0.3) is 0 Å². The van der Waals surface area contributed by atoms with Gasteiger partial charge in [0, 0.05) is 13.1 Å². The Bertz CT molecular complexity index is 400. The van der Waals surface area contributed by atoms with Gasteiger partial charge < -0.3 is 15.0 Å². The summed E-state index contributed by atoms with van der Waals surface area (Å²) in [4.78, 5) is 14.4. The molecule has 2 rings (SSSR count). The van der Waals surface area contributed by atoms with Crippen LogP contribution >= 0.6 is 0 Å². The number of amides is 1. The van der Waals surface area contributed by atoms with Crippen molar-refractivity contribution < 1.29 is 9.53 Å². The Morgan fingerprint density at radius 1 is 1.09 bits per heavy atom. The maximum absolute atomic E-state index is 12.4. The lowest BCUT2D eigenvalue weighted by atomic mass is 9.57. The molecule has 2 saturated heterocycles. The topological polar surface area (TPSA) is 41.6 Å². The van der Waals surface area contributed by atoms with E-state index >= 15 is 0 Å². The maximum Gasteiger partial charge on any atom is 0.410 e. The van der Waals surface area contributed by atoms with Crippen molar-refractivity contribution in [2.24, 2.45) is 16.7 Å². The fourth-order valence-electron chi connectivity index (χ4n) is 4.25. The number of rotatable bonds is 0. The molecular formula is C18H34N2O2. The van der Waals surface area contributed by atoms with Gasteiger partial charge in [-0.15, -0.1) is 0 Å². The molecule has 4 heteroatoms. The molecule has 0 aromatic heterocycles. The summed E-state index contributed by atoms with van der Waals surface area (Å²) in [5.74, 6) is 0.531. The monoisotopic (exact) mass is 310 g/mol. The summed E-state index contributed by atoms with van der Waals surface area (Å²) < 4.78 is 5.59. The molecule has 0 saturated carbocycles. The Morgan fingerprint density at radius 3 is 2.18 bits per heavy atom. The third kappa shape index (κ3) is 3.95. The van der Waals surface area contributed by atoms with Crippen molar-refractivity contribution >= 4 is 6.09 Å². The van der Waals surface area contributed by atoms with Crippen LogP contribution in [0.4, 0.5) is 4.79 Å². The van der Waals surface area contributed by atoms with E-state index in [-0.39, 0.29) is 11.5 Å². The van der Waals surface area contributed by atoms with Crippen LogP contribution in [0.1, 0.15) is 60.8 Å². The van der Waals surface area contributed by atoms with Gasteiger partial charge in [-0.25, -0.2) is 4.79 Å². The summed E-state index contributed by atoms with van der Waals surface area (Å²) in [6.45, 7) is 16.7. The fraction of sp³-hybridized carbons (Fsp3) is 0.944. The predicted molar refractivity (Wildman–Crippen MR) is 89.9 cm³/mol. The standard InChI is InChI=1S/C18H34N2O2/c1-16(2,3)14-13-20(15(21)22-17(4,5)6)12-9-18(14)7-10-19-11-8-18/h14,19H,7-13H2,1-6H3. The second kappa shape index (κ2) is 6.03. The van der Waals surface area contributed by atoms with Gasteiger partial charge in [-0.2, -0.15) is 0 Å². The number of hydrogen-bond donors (Lipinski definition) is 1. The van der Waals surface area contributed by atoms with Crippen LogP contribution in [0.2, 0.25) is 0 Å². The highest BCUT2D eigenvalue weighted by Crippen LogP contribution is 2.51. The largest absolute Gasteiger partial charge is 0.444 e. The number of ether oxygens (including phenoxy) is 1. The maximum atomic E-state index is 12.4. The average molecular weight is 310 g/mol. The van der Waals surface area contributed by atoms with Crippen molar-refractivity contribution in [1.29, 1.82) is 0 Å². The van der Waals surface area contributed by atoms with Crippen LogP contribution in [-0.2, 0) is 4.74 Å². The summed E-state index contributed by atoms with van der Waals surface area (Å²) in [6.07, 6.45) is 3.43. The molecule has 1 unspecified atom stereocenters. The predicted octanol–water partition coefficient (Wildman–Crippen LogP) is 3.66. The summed E-state index contributed by atoms with van der Waals surface area (Å²) in [6, 6.07) is 0. The highest BCUT2D eigenvalue weighted by molar-refractivity contribution is 5.68. The van der Waals surface area contributed by atoms with E-state index in [4.69, 9.17) is 4.74 Å². The zero-order valence-corrected chi connectivity index (χ0v) is 15.3. The molecule has 1 N–H and O–H groups in total. The second-order valence-corrected chi connectivity index (χ2v) is 9.21. The minimum Gasteiger partial charge on any atom is -0.444 e. The van der Waals surface area contributed by atoms with Crippen LogP contribution in [0, 0.1) is 16.7 Å². The molecule has 22 heavy (non-hydrogen) atoms. The van der Waals surface area contributed by atoms with Gasteiger partial charge in [0.1, 0.15) is 5.60 Å². The lowest BCUT2D eigenvalue weighted by Gasteiger charge is -2.54. The highest BCUT2D eigenvalue weighted by Gasteiger charge is 2.49. The van der Waals surface area contributed by atoms with E-state index in [1.165, 1.54) is 12.8 Å². The molecule has 1 atom stereocenters. The van der Waals surface area contributed by atoms with E-state index in [0.717, 1.165) is 32.6 Å². The Kier molecular flexibility index (Phi) is 4.82. The van der Waals surface area contributed by atoms with Crippen molar-refractivity contribution in [3.8, 4) is 0 Å². The highest BCUT2D eigenvalue weighted by atomic mass is 16.6. The number of nitrogens with one attached hydrogen (secondary N) is 1. The van der Waals surface area contributed by atoms with Gasteiger partial charge in [-0.05, 0) is 69.9 Å². The van der Waals surface area contributed by atoms with E-state index in [2.05, 4.69) is 26.1 Å². The molecule has 2 aliphatic heterocycles. The summed E-state index contributed by atoms with van der Waals surface area (Å²) in [5, 5.41) is 3.49. The van der Waals surface area contributed by atoms with Crippen molar-refractivity contribution in [1.82, 2.24) is 10.2 Å². The van der Waals surface area contributed by atoms with Crippen LogP contribution in [0.5, 0.6) is 0 Å². The van der Waals surface area contributed by atoms with Crippen LogP contribution in [0.3, 0.4) is 0 Å². The summed E-state index contributed by atoms with van der Waals surface area (Å²) >= 11 is 0. The van der Waals surface area contributed by atoms with E-state index in [9.17, 15) is 4.79 Å². The molecule has 2 fully saturated rings. The fourth-order valence-corrected chi connectivity index (χ4v) is 4.25. The first-order valence-electron chi connectivity index (χ1n) is 8.72. The van der Waals surface area contributed by atoms with Gasteiger partial charge in [0.05, 0.1) is 0 Å². The van der Waals surface area contributed by atoms with Crippen LogP contribution in [-0.4, -0.2) is 42.8 Å². The van der Waals surface area contributed by atoms with Crippen molar-refractivity contribution in [2.75, 3.05) is 26.2 Å². The Morgan fingerprint density at radius 2 is 1.68 bits per heavy atom. The van der Waals surface area contributed by atoms with Gasteiger partial charge in [0.15, 0.2) is 0 Å². The number of hydrogen-bond acceptors (Lipinski definition) is 3. The third-order valence-electron chi connectivity index (χ3n) is 5.32. The van der Waals surface area contributed by atoms with E-state index < -0.39 is 5.60 Å². The first-order valence-corrected chi connectivity index (χ1v) is 8.72. The van der Waals surface area contributed by atoms with E-state index in [1.807, 2.05) is 25.7 Å². The third-order valence-corrected chi connectivity index (χ3v) is 5.32. The molecule has 4 nitrogen and oxygen atoms in total. The second-order valence-electron chi connectivity index (χ2n) is 9.21. The molecule has 2 heterocycles. The van der Waals surface area contributed by atoms with Crippen molar-refractivity contribution in [2.45, 2.75) is 66.4 Å². The van der Waals surface area contributed by atoms with Crippen molar-refractivity contribution in [3.05, 3.63) is 0 Å². The Labute approximate surface area is 136 Å². The molecule has 0 aliphatic carbocycles. The number of carbonyl (C=O) groups is 1. The molecule has 128 valence electrons. The minimum absolute atomic E-state index is 0.148. The van der Waals surface area contributed by atoms with Gasteiger partial charge in [-0.1, -0.05) is 20.8 Å². The molecule has 2 aliphatic rings. The molecular weight excluding hydrogens is 276 g/mol. The zero-order chi connectivity index (χ0) is 16.6. The van der Waals surface area contributed by atoms with Gasteiger partial charge in [-0.3, -0.25) is 0 Å². The normalized spacial score (nSPS) is 26.1. The first kappa shape index (κ1) is 17.6. The molecule has 0 aromatic rings. The van der Waals surface area contributed by atoms with Crippen molar-refractivity contribution in [3.63, 3.8) is 0 Å². The lowest BCUT2D eigenvalue weighted by molar-refractivity contribution is -0.0546. The lowest BCUT2D eigenvalue weighted by Crippen LogP contribution is -2.57. The quantitative estimate of drug-likeness (QED) is 0.742. The number of carbonyl (C=O) groups excluding carboxylic acids is 1. The zero-order valence-electron chi connectivity index (χ0n) is 15.3. The summed E-state index contributed by atoms with van der Waals surface area (Å²) in [7, 11) is 0. The molecule has 1 amide bonds. The van der Waals surface area contributed by atoms with Gasteiger partial charge in [0.25, 0.3) is 0 Å². The van der Waals surface area contributed by atoms with Crippen LogP contribution < -0.4 is 5.32 Å². The van der Waals surface area contributed by atoms with Gasteiger partial charge >= 0.3 is 6.09 Å². The SMILES string of the molecule is CC(C)(C)OC(=O)N1CCC2(CCNCC2)C(C(C)(C)C)C1. The van der Waals surface area contributed by atoms with Crippen LogP contribution in [0.15, 0.2) is 0 Å². The molecule has 0 bridgehead atoms.